The number of aliphatic hydroxyl groups is 1. The number of pyridine rings is 1. The zero-order chi connectivity index (χ0) is 14.1. The lowest BCUT2D eigenvalue weighted by atomic mass is 10.1. The van der Waals surface area contributed by atoms with Crippen LogP contribution in [0.4, 0.5) is 0 Å². The van der Waals surface area contributed by atoms with Crippen LogP contribution in [0.15, 0.2) is 30.3 Å². The van der Waals surface area contributed by atoms with Crippen molar-refractivity contribution in [3.05, 3.63) is 41.2 Å². The fourth-order valence-electron chi connectivity index (χ4n) is 2.57. The van der Waals surface area contributed by atoms with Gasteiger partial charge in [-0.05, 0) is 24.3 Å². The highest BCUT2D eigenvalue weighted by molar-refractivity contribution is 6.34. The molecule has 20 heavy (non-hydrogen) atoms. The standard InChI is InChI=1S/C15H15ClN2O2/c16-14-12-6-2-1-4-10(12)8-13(17-14)15(20)18-7-3-5-11(19)9-18/h1-2,4,6,8,11,19H,3,5,7,9H2. The van der Waals surface area contributed by atoms with Gasteiger partial charge in [0.15, 0.2) is 0 Å². The number of nitrogens with zero attached hydrogens (tertiary/aromatic N) is 2. The second-order valence-electron chi connectivity index (χ2n) is 5.07. The van der Waals surface area contributed by atoms with Gasteiger partial charge < -0.3 is 10.0 Å². The molecule has 5 heteroatoms. The molecule has 0 bridgehead atoms. The van der Waals surface area contributed by atoms with E-state index < -0.39 is 6.10 Å². The van der Waals surface area contributed by atoms with Crippen molar-refractivity contribution in [1.29, 1.82) is 0 Å². The van der Waals surface area contributed by atoms with Crippen LogP contribution in [0, 0.1) is 0 Å². The van der Waals surface area contributed by atoms with Gasteiger partial charge >= 0.3 is 0 Å². The Hall–Kier alpha value is -1.65. The van der Waals surface area contributed by atoms with Gasteiger partial charge in [-0.2, -0.15) is 0 Å². The van der Waals surface area contributed by atoms with E-state index in [0.717, 1.165) is 23.6 Å². The fraction of sp³-hybridized carbons (Fsp3) is 0.333. The highest BCUT2D eigenvalue weighted by Crippen LogP contribution is 2.23. The molecule has 0 spiro atoms. The maximum atomic E-state index is 12.4. The Labute approximate surface area is 122 Å². The van der Waals surface area contributed by atoms with E-state index in [2.05, 4.69) is 4.98 Å². The molecule has 1 fully saturated rings. The summed E-state index contributed by atoms with van der Waals surface area (Å²) >= 11 is 6.14. The summed E-state index contributed by atoms with van der Waals surface area (Å²) in [6, 6.07) is 9.33. The Bertz CT molecular complexity index is 659. The van der Waals surface area contributed by atoms with Crippen molar-refractivity contribution < 1.29 is 9.90 Å². The largest absolute Gasteiger partial charge is 0.391 e. The van der Waals surface area contributed by atoms with Gasteiger partial charge in [-0.1, -0.05) is 35.9 Å². The van der Waals surface area contributed by atoms with Crippen LogP contribution in [0.1, 0.15) is 23.3 Å². The average molecular weight is 291 g/mol. The monoisotopic (exact) mass is 290 g/mol. The number of benzene rings is 1. The maximum Gasteiger partial charge on any atom is 0.272 e. The first-order chi connectivity index (χ1) is 9.65. The molecule has 1 atom stereocenters. The molecule has 1 amide bonds. The maximum absolute atomic E-state index is 12.4. The second-order valence-corrected chi connectivity index (χ2v) is 5.42. The Kier molecular flexibility index (Phi) is 3.59. The van der Waals surface area contributed by atoms with Crippen molar-refractivity contribution in [3.8, 4) is 0 Å². The van der Waals surface area contributed by atoms with Crippen molar-refractivity contribution in [3.63, 3.8) is 0 Å². The molecule has 4 nitrogen and oxygen atoms in total. The first kappa shape index (κ1) is 13.3. The minimum Gasteiger partial charge on any atom is -0.391 e. The van der Waals surface area contributed by atoms with Crippen LogP contribution in [0.2, 0.25) is 5.15 Å². The summed E-state index contributed by atoms with van der Waals surface area (Å²) < 4.78 is 0. The molecule has 104 valence electrons. The van der Waals surface area contributed by atoms with E-state index in [9.17, 15) is 9.90 Å². The summed E-state index contributed by atoms with van der Waals surface area (Å²) in [7, 11) is 0. The van der Waals surface area contributed by atoms with Gasteiger partial charge in [0.05, 0.1) is 6.10 Å². The average Bonchev–Trinajstić information content (AvgIpc) is 2.46. The number of aliphatic hydroxyl groups excluding tert-OH is 1. The van der Waals surface area contributed by atoms with E-state index in [-0.39, 0.29) is 5.91 Å². The molecule has 0 radical (unpaired) electrons. The summed E-state index contributed by atoms with van der Waals surface area (Å²) in [5, 5.41) is 11.7. The number of amides is 1. The molecule has 2 heterocycles. The van der Waals surface area contributed by atoms with Crippen LogP contribution in [0.3, 0.4) is 0 Å². The van der Waals surface area contributed by atoms with Crippen molar-refractivity contribution in [1.82, 2.24) is 9.88 Å². The van der Waals surface area contributed by atoms with E-state index in [1.165, 1.54) is 0 Å². The van der Waals surface area contributed by atoms with Gasteiger partial charge in [-0.3, -0.25) is 4.79 Å². The van der Waals surface area contributed by atoms with Gasteiger partial charge in [0.1, 0.15) is 10.8 Å². The number of likely N-dealkylation sites (tertiary alicyclic amines) is 1. The zero-order valence-corrected chi connectivity index (χ0v) is 11.7. The summed E-state index contributed by atoms with van der Waals surface area (Å²) in [5.41, 5.74) is 0.336. The molecule has 1 unspecified atom stereocenters. The number of rotatable bonds is 1. The lowest BCUT2D eigenvalue weighted by Crippen LogP contribution is -2.42. The number of carbonyl (C=O) groups excluding carboxylic acids is 1. The van der Waals surface area contributed by atoms with Gasteiger partial charge in [0.2, 0.25) is 0 Å². The van der Waals surface area contributed by atoms with Crippen LogP contribution < -0.4 is 0 Å². The molecule has 0 aliphatic carbocycles. The minimum absolute atomic E-state index is 0.170. The first-order valence-electron chi connectivity index (χ1n) is 6.68. The Morgan fingerprint density at radius 1 is 1.40 bits per heavy atom. The third-order valence-electron chi connectivity index (χ3n) is 3.60. The lowest BCUT2D eigenvalue weighted by Gasteiger charge is -2.29. The van der Waals surface area contributed by atoms with Crippen LogP contribution >= 0.6 is 11.6 Å². The molecule has 1 N–H and O–H groups in total. The number of fused-ring (bicyclic) bond motifs is 1. The topological polar surface area (TPSA) is 53.4 Å². The predicted octanol–water partition coefficient (Wildman–Crippen LogP) is 2.49. The highest BCUT2D eigenvalue weighted by Gasteiger charge is 2.24. The first-order valence-corrected chi connectivity index (χ1v) is 7.05. The van der Waals surface area contributed by atoms with E-state index in [1.807, 2.05) is 24.3 Å². The second kappa shape index (κ2) is 5.38. The Balaban J connectivity index is 1.95. The number of piperidine rings is 1. The molecule has 3 rings (SSSR count). The quantitative estimate of drug-likeness (QED) is 0.821. The van der Waals surface area contributed by atoms with Gasteiger partial charge in [-0.15, -0.1) is 0 Å². The minimum atomic E-state index is -0.441. The third-order valence-corrected chi connectivity index (χ3v) is 3.88. The summed E-state index contributed by atoms with van der Waals surface area (Å²) in [5.74, 6) is -0.170. The Morgan fingerprint density at radius 2 is 2.20 bits per heavy atom. The number of hydrogen-bond acceptors (Lipinski definition) is 3. The molecule has 1 aliphatic rings. The van der Waals surface area contributed by atoms with Gasteiger partial charge in [0.25, 0.3) is 5.91 Å². The molecule has 1 aromatic heterocycles. The molecule has 1 aliphatic heterocycles. The molecule has 1 saturated heterocycles. The molecule has 1 aromatic carbocycles. The van der Waals surface area contributed by atoms with Crippen molar-refractivity contribution in [2.24, 2.45) is 0 Å². The smallest absolute Gasteiger partial charge is 0.272 e. The van der Waals surface area contributed by atoms with E-state index in [4.69, 9.17) is 11.6 Å². The number of β-amino-alcohol motifs (C(OH)–C–C–N with tert-alkyl or cyclic N) is 1. The summed E-state index contributed by atoms with van der Waals surface area (Å²) in [6.45, 7) is 1.02. The highest BCUT2D eigenvalue weighted by atomic mass is 35.5. The number of halogens is 1. The predicted molar refractivity (Wildman–Crippen MR) is 77.9 cm³/mol. The fourth-order valence-corrected chi connectivity index (χ4v) is 2.83. The van der Waals surface area contributed by atoms with Crippen LogP contribution in [0.5, 0.6) is 0 Å². The van der Waals surface area contributed by atoms with Gasteiger partial charge in [-0.25, -0.2) is 4.98 Å². The normalized spacial score (nSPS) is 19.3. The summed E-state index contributed by atoms with van der Waals surface area (Å²) in [6.07, 6.45) is 1.12. The van der Waals surface area contributed by atoms with E-state index in [1.54, 1.807) is 11.0 Å². The molecular weight excluding hydrogens is 276 g/mol. The summed E-state index contributed by atoms with van der Waals surface area (Å²) in [4.78, 5) is 18.3. The number of aromatic nitrogens is 1. The number of hydrogen-bond donors (Lipinski definition) is 1. The zero-order valence-electron chi connectivity index (χ0n) is 10.9. The molecular formula is C15H15ClN2O2. The SMILES string of the molecule is O=C(c1cc2ccccc2c(Cl)n1)N1CCCC(O)C1. The van der Waals surface area contributed by atoms with Gasteiger partial charge in [0, 0.05) is 18.5 Å². The molecule has 0 saturated carbocycles. The lowest BCUT2D eigenvalue weighted by molar-refractivity contribution is 0.0469. The third kappa shape index (κ3) is 2.49. The van der Waals surface area contributed by atoms with Crippen molar-refractivity contribution in [2.45, 2.75) is 18.9 Å². The van der Waals surface area contributed by atoms with Crippen LogP contribution in [0.25, 0.3) is 10.8 Å². The van der Waals surface area contributed by atoms with Crippen LogP contribution in [-0.4, -0.2) is 40.1 Å². The van der Waals surface area contributed by atoms with E-state index in [0.29, 0.717) is 23.9 Å². The molecule has 2 aromatic rings. The Morgan fingerprint density at radius 3 is 3.00 bits per heavy atom. The van der Waals surface area contributed by atoms with Crippen molar-refractivity contribution >= 4 is 28.3 Å². The van der Waals surface area contributed by atoms with Crippen LogP contribution in [-0.2, 0) is 0 Å². The number of carbonyl (C=O) groups is 1. The van der Waals surface area contributed by atoms with Crippen molar-refractivity contribution in [2.75, 3.05) is 13.1 Å². The van der Waals surface area contributed by atoms with E-state index >= 15 is 0 Å².